The van der Waals surface area contributed by atoms with Crippen LogP contribution in [0.15, 0.2) is 79.8 Å². The van der Waals surface area contributed by atoms with Crippen molar-refractivity contribution in [2.75, 3.05) is 10.6 Å². The second-order valence-corrected chi connectivity index (χ2v) is 6.49. The molecule has 0 aliphatic carbocycles. The number of aryl methyl sites for hydroxylation is 1. The fraction of sp³-hybridized carbons (Fsp3) is 0.0952. The number of rotatable bonds is 7. The molecular weight excluding hydrogens is 382 g/mol. The Labute approximate surface area is 172 Å². The summed E-state index contributed by atoms with van der Waals surface area (Å²) in [6, 6.07) is 12.1. The summed E-state index contributed by atoms with van der Waals surface area (Å²) in [5.41, 5.74) is 1.55. The minimum Gasteiger partial charge on any atom is -0.337 e. The van der Waals surface area contributed by atoms with E-state index >= 15 is 0 Å². The van der Waals surface area contributed by atoms with Gasteiger partial charge in [0.15, 0.2) is 5.82 Å². The molecule has 0 bridgehead atoms. The lowest BCUT2D eigenvalue weighted by Crippen LogP contribution is -2.16. The zero-order chi connectivity index (χ0) is 20.8. The van der Waals surface area contributed by atoms with Gasteiger partial charge in [-0.3, -0.25) is 9.59 Å². The molecule has 4 aromatic rings. The number of carbonyl (C=O) groups excluding carboxylic acids is 2. The van der Waals surface area contributed by atoms with E-state index in [4.69, 9.17) is 0 Å². The predicted molar refractivity (Wildman–Crippen MR) is 111 cm³/mol. The molecule has 3 aromatic heterocycles. The normalized spacial score (nSPS) is 10.5. The fourth-order valence-corrected chi connectivity index (χ4v) is 2.81. The molecule has 3 heterocycles. The van der Waals surface area contributed by atoms with Crippen LogP contribution in [-0.2, 0) is 11.3 Å². The maximum Gasteiger partial charge on any atom is 0.255 e. The average molecular weight is 401 g/mol. The minimum atomic E-state index is -0.293. The standard InChI is InChI=1S/C21H19N7O2/c29-20(7-11-27-12-9-22-15-27)25-17-4-1-3-16(13-17)21(30)26-18-5-6-19(23-14-18)28-10-2-8-24-28/h1-6,8-10,12-15H,7,11H2,(H,25,29)(H,26,30). The molecule has 0 saturated heterocycles. The van der Waals surface area contributed by atoms with Crippen molar-refractivity contribution >= 4 is 23.2 Å². The third-order valence-corrected chi connectivity index (χ3v) is 4.31. The lowest BCUT2D eigenvalue weighted by atomic mass is 10.2. The molecule has 0 atom stereocenters. The highest BCUT2D eigenvalue weighted by Crippen LogP contribution is 2.15. The minimum absolute atomic E-state index is 0.139. The second kappa shape index (κ2) is 8.82. The van der Waals surface area contributed by atoms with E-state index in [2.05, 4.69) is 25.7 Å². The Bertz CT molecular complexity index is 1120. The largest absolute Gasteiger partial charge is 0.337 e. The Hall–Kier alpha value is -4.27. The lowest BCUT2D eigenvalue weighted by Gasteiger charge is -2.09. The zero-order valence-electron chi connectivity index (χ0n) is 16.0. The van der Waals surface area contributed by atoms with Crippen LogP contribution in [0.5, 0.6) is 0 Å². The van der Waals surface area contributed by atoms with E-state index in [9.17, 15) is 9.59 Å². The van der Waals surface area contributed by atoms with Gasteiger partial charge >= 0.3 is 0 Å². The van der Waals surface area contributed by atoms with Crippen LogP contribution in [0.25, 0.3) is 5.82 Å². The fourth-order valence-electron chi connectivity index (χ4n) is 2.81. The number of imidazole rings is 1. The van der Waals surface area contributed by atoms with Crippen LogP contribution in [0.1, 0.15) is 16.8 Å². The van der Waals surface area contributed by atoms with Crippen molar-refractivity contribution in [2.24, 2.45) is 0 Å². The van der Waals surface area contributed by atoms with Crippen molar-refractivity contribution in [1.29, 1.82) is 0 Å². The molecule has 0 radical (unpaired) electrons. The summed E-state index contributed by atoms with van der Waals surface area (Å²) in [5, 5.41) is 9.73. The van der Waals surface area contributed by atoms with Crippen molar-refractivity contribution in [3.63, 3.8) is 0 Å². The van der Waals surface area contributed by atoms with Crippen LogP contribution >= 0.6 is 0 Å². The van der Waals surface area contributed by atoms with E-state index in [0.717, 1.165) is 0 Å². The van der Waals surface area contributed by atoms with Gasteiger partial charge in [-0.15, -0.1) is 0 Å². The van der Waals surface area contributed by atoms with E-state index in [0.29, 0.717) is 35.7 Å². The van der Waals surface area contributed by atoms with Gasteiger partial charge in [0.25, 0.3) is 5.91 Å². The number of carbonyl (C=O) groups is 2. The highest BCUT2D eigenvalue weighted by Gasteiger charge is 2.09. The molecule has 0 aliphatic rings. The molecule has 0 saturated carbocycles. The average Bonchev–Trinajstić information content (AvgIpc) is 3.47. The van der Waals surface area contributed by atoms with E-state index in [1.54, 1.807) is 84.5 Å². The number of benzene rings is 1. The first kappa shape index (κ1) is 19.1. The summed E-state index contributed by atoms with van der Waals surface area (Å²) in [6.45, 7) is 0.535. The third-order valence-electron chi connectivity index (χ3n) is 4.31. The summed E-state index contributed by atoms with van der Waals surface area (Å²) < 4.78 is 3.46. The SMILES string of the molecule is O=C(CCn1ccnc1)Nc1cccc(C(=O)Nc2ccc(-n3cccn3)nc2)c1. The Balaban J connectivity index is 1.35. The van der Waals surface area contributed by atoms with E-state index in [-0.39, 0.29) is 11.8 Å². The monoisotopic (exact) mass is 401 g/mol. The summed E-state index contributed by atoms with van der Waals surface area (Å²) in [6.07, 6.45) is 10.5. The van der Waals surface area contributed by atoms with Crippen molar-refractivity contribution in [1.82, 2.24) is 24.3 Å². The number of aromatic nitrogens is 5. The first-order chi connectivity index (χ1) is 14.7. The molecule has 0 fully saturated rings. The maximum absolute atomic E-state index is 12.6. The van der Waals surface area contributed by atoms with Crippen LogP contribution in [0.4, 0.5) is 11.4 Å². The number of nitrogens with one attached hydrogen (secondary N) is 2. The van der Waals surface area contributed by atoms with Crippen LogP contribution in [0, 0.1) is 0 Å². The number of amides is 2. The molecule has 2 N–H and O–H groups in total. The van der Waals surface area contributed by atoms with Gasteiger partial charge in [0.05, 0.1) is 18.2 Å². The molecule has 0 spiro atoms. The molecule has 9 heteroatoms. The van der Waals surface area contributed by atoms with Gasteiger partial charge in [-0.05, 0) is 36.4 Å². The molecule has 0 unspecified atom stereocenters. The highest BCUT2D eigenvalue weighted by molar-refractivity contribution is 6.05. The van der Waals surface area contributed by atoms with Crippen LogP contribution in [-0.4, -0.2) is 36.1 Å². The molecule has 9 nitrogen and oxygen atoms in total. The van der Waals surface area contributed by atoms with Crippen molar-refractivity contribution in [3.8, 4) is 5.82 Å². The lowest BCUT2D eigenvalue weighted by molar-refractivity contribution is -0.116. The molecule has 150 valence electrons. The van der Waals surface area contributed by atoms with Gasteiger partial charge in [0, 0.05) is 49.0 Å². The van der Waals surface area contributed by atoms with Crippen molar-refractivity contribution in [3.05, 3.63) is 85.3 Å². The summed E-state index contributed by atoms with van der Waals surface area (Å²) in [7, 11) is 0. The first-order valence-corrected chi connectivity index (χ1v) is 9.30. The van der Waals surface area contributed by atoms with Crippen LogP contribution in [0.3, 0.4) is 0 Å². The molecule has 0 aliphatic heterocycles. The number of pyridine rings is 1. The third kappa shape index (κ3) is 4.76. The highest BCUT2D eigenvalue weighted by atomic mass is 16.2. The molecule has 30 heavy (non-hydrogen) atoms. The number of anilines is 2. The summed E-state index contributed by atoms with van der Waals surface area (Å²) in [4.78, 5) is 32.9. The van der Waals surface area contributed by atoms with Gasteiger partial charge in [0.2, 0.25) is 5.91 Å². The summed E-state index contributed by atoms with van der Waals surface area (Å²) in [5.74, 6) is 0.219. The van der Waals surface area contributed by atoms with Gasteiger partial charge in [0.1, 0.15) is 0 Å². The maximum atomic E-state index is 12.6. The smallest absolute Gasteiger partial charge is 0.255 e. The number of nitrogens with zero attached hydrogens (tertiary/aromatic N) is 5. The number of hydrogen-bond donors (Lipinski definition) is 2. The molecule has 4 rings (SSSR count). The topological polar surface area (TPSA) is 107 Å². The molecule has 1 aromatic carbocycles. The van der Waals surface area contributed by atoms with Gasteiger partial charge in [-0.2, -0.15) is 5.10 Å². The predicted octanol–water partition coefficient (Wildman–Crippen LogP) is 2.74. The van der Waals surface area contributed by atoms with Gasteiger partial charge in [-0.25, -0.2) is 14.6 Å². The first-order valence-electron chi connectivity index (χ1n) is 9.30. The Morgan fingerprint density at radius 2 is 1.90 bits per heavy atom. The quantitative estimate of drug-likeness (QED) is 0.495. The van der Waals surface area contributed by atoms with Gasteiger partial charge < -0.3 is 15.2 Å². The van der Waals surface area contributed by atoms with E-state index < -0.39 is 0 Å². The van der Waals surface area contributed by atoms with Crippen LogP contribution in [0.2, 0.25) is 0 Å². The second-order valence-electron chi connectivity index (χ2n) is 6.49. The van der Waals surface area contributed by atoms with Crippen molar-refractivity contribution < 1.29 is 9.59 Å². The van der Waals surface area contributed by atoms with Crippen molar-refractivity contribution in [2.45, 2.75) is 13.0 Å². The Kier molecular flexibility index (Phi) is 5.61. The molecular formula is C21H19N7O2. The Morgan fingerprint density at radius 1 is 0.967 bits per heavy atom. The van der Waals surface area contributed by atoms with E-state index in [1.165, 1.54) is 0 Å². The van der Waals surface area contributed by atoms with Gasteiger partial charge in [-0.1, -0.05) is 6.07 Å². The van der Waals surface area contributed by atoms with E-state index in [1.807, 2.05) is 4.57 Å². The zero-order valence-corrected chi connectivity index (χ0v) is 16.0. The Morgan fingerprint density at radius 3 is 2.63 bits per heavy atom. The molecule has 2 amide bonds. The summed E-state index contributed by atoms with van der Waals surface area (Å²) >= 11 is 0. The van der Waals surface area contributed by atoms with Crippen LogP contribution < -0.4 is 10.6 Å². The number of hydrogen-bond acceptors (Lipinski definition) is 5.